The van der Waals surface area contributed by atoms with Gasteiger partial charge in [0, 0.05) is 6.21 Å². The van der Waals surface area contributed by atoms with Crippen molar-refractivity contribution in [3.05, 3.63) is 0 Å². The molecule has 0 saturated carbocycles. The SMILES string of the molecule is CCCC=NOC. The van der Waals surface area contributed by atoms with Crippen molar-refractivity contribution in [1.29, 1.82) is 0 Å². The Hall–Kier alpha value is -0.530. The number of unbranched alkanes of at least 4 members (excludes halogenated alkanes) is 1. The van der Waals surface area contributed by atoms with Crippen molar-refractivity contribution in [1.82, 2.24) is 0 Å². The van der Waals surface area contributed by atoms with E-state index < -0.39 is 0 Å². The van der Waals surface area contributed by atoms with Crippen LogP contribution in [0.25, 0.3) is 0 Å². The molecule has 0 unspecified atom stereocenters. The second-order valence-electron chi connectivity index (χ2n) is 1.26. The number of rotatable bonds is 3. The number of nitrogens with zero attached hydrogens (tertiary/aromatic N) is 1. The first-order chi connectivity index (χ1) is 3.41. The third kappa shape index (κ3) is 5.47. The van der Waals surface area contributed by atoms with Crippen molar-refractivity contribution in [3.63, 3.8) is 0 Å². The van der Waals surface area contributed by atoms with Crippen LogP contribution in [0.3, 0.4) is 0 Å². The quantitative estimate of drug-likeness (QED) is 0.389. The van der Waals surface area contributed by atoms with Gasteiger partial charge in [-0.2, -0.15) is 0 Å². The monoisotopic (exact) mass is 101 g/mol. The van der Waals surface area contributed by atoms with E-state index in [0.717, 1.165) is 12.8 Å². The van der Waals surface area contributed by atoms with Crippen LogP contribution < -0.4 is 0 Å². The normalized spacial score (nSPS) is 10.0. The fourth-order valence-electron chi connectivity index (χ4n) is 0.256. The summed E-state index contributed by atoms with van der Waals surface area (Å²) < 4.78 is 0. The molecule has 0 aliphatic carbocycles. The first-order valence-electron chi connectivity index (χ1n) is 2.46. The van der Waals surface area contributed by atoms with E-state index in [0.29, 0.717) is 0 Å². The van der Waals surface area contributed by atoms with Crippen molar-refractivity contribution < 1.29 is 4.84 Å². The highest BCUT2D eigenvalue weighted by Crippen LogP contribution is 1.79. The predicted octanol–water partition coefficient (Wildman–Crippen LogP) is 1.42. The van der Waals surface area contributed by atoms with Crippen molar-refractivity contribution in [2.24, 2.45) is 5.16 Å². The Morgan fingerprint density at radius 2 is 2.43 bits per heavy atom. The first kappa shape index (κ1) is 6.47. The van der Waals surface area contributed by atoms with E-state index in [1.54, 1.807) is 13.3 Å². The molecule has 0 radical (unpaired) electrons. The van der Waals surface area contributed by atoms with Crippen molar-refractivity contribution in [2.75, 3.05) is 7.11 Å². The summed E-state index contributed by atoms with van der Waals surface area (Å²) in [5.41, 5.74) is 0. The highest BCUT2D eigenvalue weighted by Gasteiger charge is 1.69. The van der Waals surface area contributed by atoms with E-state index in [1.807, 2.05) is 0 Å². The molecule has 0 saturated heterocycles. The van der Waals surface area contributed by atoms with Crippen molar-refractivity contribution in [2.45, 2.75) is 19.8 Å². The van der Waals surface area contributed by atoms with Crippen molar-refractivity contribution >= 4 is 6.21 Å². The highest BCUT2D eigenvalue weighted by atomic mass is 16.6. The lowest BCUT2D eigenvalue weighted by atomic mass is 10.4. The molecule has 0 aromatic carbocycles. The summed E-state index contributed by atoms with van der Waals surface area (Å²) in [6.45, 7) is 2.10. The molecule has 0 aliphatic rings. The number of oxime groups is 1. The van der Waals surface area contributed by atoms with E-state index >= 15 is 0 Å². The predicted molar refractivity (Wildman–Crippen MR) is 30.4 cm³/mol. The summed E-state index contributed by atoms with van der Waals surface area (Å²) in [6.07, 6.45) is 3.90. The van der Waals surface area contributed by atoms with Crippen LogP contribution in [0.4, 0.5) is 0 Å². The minimum absolute atomic E-state index is 1.01. The molecule has 0 heterocycles. The number of hydrogen-bond donors (Lipinski definition) is 0. The summed E-state index contributed by atoms with van der Waals surface area (Å²) in [6, 6.07) is 0. The van der Waals surface area contributed by atoms with Crippen LogP contribution in [0.5, 0.6) is 0 Å². The van der Waals surface area contributed by atoms with Gasteiger partial charge in [-0.05, 0) is 6.42 Å². The molecule has 7 heavy (non-hydrogen) atoms. The van der Waals surface area contributed by atoms with Crippen LogP contribution in [-0.4, -0.2) is 13.3 Å². The van der Waals surface area contributed by atoms with Crippen LogP contribution in [0.15, 0.2) is 5.16 Å². The average molecular weight is 101 g/mol. The summed E-state index contributed by atoms with van der Waals surface area (Å²) >= 11 is 0. The zero-order chi connectivity index (χ0) is 5.54. The molecule has 42 valence electrons. The minimum Gasteiger partial charge on any atom is -0.399 e. The van der Waals surface area contributed by atoms with Crippen LogP contribution >= 0.6 is 0 Å². The maximum absolute atomic E-state index is 4.41. The molecule has 0 fully saturated rings. The number of hydrogen-bond acceptors (Lipinski definition) is 2. The lowest BCUT2D eigenvalue weighted by Gasteiger charge is -1.82. The fraction of sp³-hybridized carbons (Fsp3) is 0.800. The lowest BCUT2D eigenvalue weighted by molar-refractivity contribution is 0.214. The van der Waals surface area contributed by atoms with E-state index in [-0.39, 0.29) is 0 Å². The van der Waals surface area contributed by atoms with Crippen LogP contribution in [0.2, 0.25) is 0 Å². The molecule has 0 amide bonds. The highest BCUT2D eigenvalue weighted by molar-refractivity contribution is 5.55. The second-order valence-corrected chi connectivity index (χ2v) is 1.26. The van der Waals surface area contributed by atoms with Gasteiger partial charge in [0.15, 0.2) is 0 Å². The maximum atomic E-state index is 4.41. The molecule has 0 rings (SSSR count). The van der Waals surface area contributed by atoms with Gasteiger partial charge in [0.05, 0.1) is 0 Å². The van der Waals surface area contributed by atoms with Gasteiger partial charge in [0.1, 0.15) is 7.11 Å². The average Bonchev–Trinajstić information content (AvgIpc) is 1.69. The lowest BCUT2D eigenvalue weighted by Crippen LogP contribution is -1.72. The minimum atomic E-state index is 1.01. The van der Waals surface area contributed by atoms with E-state index in [1.165, 1.54) is 0 Å². The zero-order valence-corrected chi connectivity index (χ0v) is 4.85. The first-order valence-corrected chi connectivity index (χ1v) is 2.46. The Labute approximate surface area is 44.2 Å². The van der Waals surface area contributed by atoms with Gasteiger partial charge in [-0.15, -0.1) is 0 Å². The largest absolute Gasteiger partial charge is 0.399 e. The van der Waals surface area contributed by atoms with Gasteiger partial charge >= 0.3 is 0 Å². The molecule has 2 heteroatoms. The van der Waals surface area contributed by atoms with Crippen LogP contribution in [0, 0.1) is 0 Å². The van der Waals surface area contributed by atoms with Gasteiger partial charge in [0.25, 0.3) is 0 Å². The molecular weight excluding hydrogens is 90.1 g/mol. The molecule has 0 aliphatic heterocycles. The fourth-order valence-corrected chi connectivity index (χ4v) is 0.256. The molecule has 0 N–H and O–H groups in total. The smallest absolute Gasteiger partial charge is 0.106 e. The van der Waals surface area contributed by atoms with Gasteiger partial charge in [0.2, 0.25) is 0 Å². The van der Waals surface area contributed by atoms with Gasteiger partial charge in [-0.1, -0.05) is 18.5 Å². The molecule has 0 aromatic heterocycles. The molecule has 0 atom stereocenters. The topological polar surface area (TPSA) is 21.6 Å². The summed E-state index contributed by atoms with van der Waals surface area (Å²) in [5, 5.41) is 3.54. The Kier molecular flexibility index (Phi) is 5.06. The molecular formula is C5H11NO. The standard InChI is InChI=1S/C5H11NO/c1-3-4-5-6-7-2/h5H,3-4H2,1-2H3. The summed E-state index contributed by atoms with van der Waals surface area (Å²) in [5.74, 6) is 0. The Morgan fingerprint density at radius 1 is 1.71 bits per heavy atom. The summed E-state index contributed by atoms with van der Waals surface area (Å²) in [7, 11) is 1.55. The van der Waals surface area contributed by atoms with Gasteiger partial charge < -0.3 is 4.84 Å². The Balaban J connectivity index is 2.78. The maximum Gasteiger partial charge on any atom is 0.106 e. The zero-order valence-electron chi connectivity index (χ0n) is 4.85. The van der Waals surface area contributed by atoms with Crippen molar-refractivity contribution in [3.8, 4) is 0 Å². The third-order valence-electron chi connectivity index (χ3n) is 0.598. The Bertz CT molecular complexity index is 52.0. The van der Waals surface area contributed by atoms with E-state index in [2.05, 4.69) is 16.9 Å². The summed E-state index contributed by atoms with van der Waals surface area (Å²) in [4.78, 5) is 4.41. The van der Waals surface area contributed by atoms with Gasteiger partial charge in [-0.25, -0.2) is 0 Å². The second kappa shape index (κ2) is 5.47. The van der Waals surface area contributed by atoms with Gasteiger partial charge in [-0.3, -0.25) is 0 Å². The molecule has 0 bridgehead atoms. The third-order valence-corrected chi connectivity index (χ3v) is 0.598. The van der Waals surface area contributed by atoms with Crippen LogP contribution in [-0.2, 0) is 4.84 Å². The molecule has 2 nitrogen and oxygen atoms in total. The Morgan fingerprint density at radius 3 is 2.86 bits per heavy atom. The molecule has 0 spiro atoms. The van der Waals surface area contributed by atoms with E-state index in [9.17, 15) is 0 Å². The van der Waals surface area contributed by atoms with Crippen LogP contribution in [0.1, 0.15) is 19.8 Å². The van der Waals surface area contributed by atoms with E-state index in [4.69, 9.17) is 0 Å². The molecule has 0 aromatic rings.